The number of carbonyl (C=O) groups is 1. The van der Waals surface area contributed by atoms with Crippen molar-refractivity contribution in [1.29, 1.82) is 0 Å². The quantitative estimate of drug-likeness (QED) is 0.804. The van der Waals surface area contributed by atoms with E-state index < -0.39 is 11.8 Å². The normalized spacial score (nSPS) is 23.2. The summed E-state index contributed by atoms with van der Waals surface area (Å²) in [5.74, 6) is -0.887. The van der Waals surface area contributed by atoms with Crippen molar-refractivity contribution in [2.45, 2.75) is 5.79 Å². The zero-order chi connectivity index (χ0) is 12.5. The minimum absolute atomic E-state index is 0.436. The minimum atomic E-state index is -1.18. The van der Waals surface area contributed by atoms with Crippen LogP contribution in [0.4, 0.5) is 0 Å². The zero-order valence-electron chi connectivity index (χ0n) is 9.40. The van der Waals surface area contributed by atoms with Crippen LogP contribution in [0.3, 0.4) is 0 Å². The second-order valence-electron chi connectivity index (χ2n) is 3.46. The Morgan fingerprint density at radius 2 is 1.88 bits per heavy atom. The van der Waals surface area contributed by atoms with Gasteiger partial charge >= 0.3 is 5.97 Å². The summed E-state index contributed by atoms with van der Waals surface area (Å²) in [7, 11) is 3.07. The van der Waals surface area contributed by atoms with Crippen LogP contribution in [0.5, 0.6) is 5.75 Å². The van der Waals surface area contributed by atoms with Crippen molar-refractivity contribution in [2.24, 2.45) is 0 Å². The van der Waals surface area contributed by atoms with Gasteiger partial charge in [-0.25, -0.2) is 4.79 Å². The van der Waals surface area contributed by atoms with Crippen LogP contribution in [0.2, 0.25) is 0 Å². The maximum Gasteiger partial charge on any atom is 0.334 e. The van der Waals surface area contributed by atoms with Gasteiger partial charge in [0.1, 0.15) is 5.75 Å². The Labute approximate surface area is 107 Å². The summed E-state index contributed by atoms with van der Waals surface area (Å²) in [4.78, 5) is 11.3. The molecule has 1 aliphatic heterocycles. The van der Waals surface area contributed by atoms with E-state index >= 15 is 0 Å². The smallest absolute Gasteiger partial charge is 0.334 e. The Hall–Kier alpha value is -1.33. The summed E-state index contributed by atoms with van der Waals surface area (Å²) in [5, 5.41) is 0. The van der Waals surface area contributed by atoms with E-state index in [1.807, 2.05) is 0 Å². The number of hydrogen-bond acceptors (Lipinski definition) is 4. The molecular weight excluding hydrogens is 288 g/mol. The number of cyclic esters (lactones) is 1. The van der Waals surface area contributed by atoms with Gasteiger partial charge in [-0.3, -0.25) is 0 Å². The predicted molar refractivity (Wildman–Crippen MR) is 64.8 cm³/mol. The van der Waals surface area contributed by atoms with E-state index in [4.69, 9.17) is 14.2 Å². The minimum Gasteiger partial charge on any atom is -0.497 e. The van der Waals surface area contributed by atoms with Crippen LogP contribution in [-0.2, 0) is 20.1 Å². The maximum absolute atomic E-state index is 11.3. The van der Waals surface area contributed by atoms with Gasteiger partial charge in [-0.2, -0.15) is 0 Å². The van der Waals surface area contributed by atoms with Gasteiger partial charge in [0.15, 0.2) is 0 Å². The number of halogens is 1. The number of hydrogen-bond donors (Lipinski definition) is 0. The van der Waals surface area contributed by atoms with Crippen LogP contribution in [0.1, 0.15) is 5.56 Å². The van der Waals surface area contributed by atoms with Crippen LogP contribution in [0.25, 0.3) is 0 Å². The molecule has 0 radical (unpaired) electrons. The first-order valence-electron chi connectivity index (χ1n) is 4.92. The Kier molecular flexibility index (Phi) is 3.22. The molecule has 1 aromatic rings. The second-order valence-corrected chi connectivity index (χ2v) is 4.32. The zero-order valence-corrected chi connectivity index (χ0v) is 11.0. The van der Waals surface area contributed by atoms with Crippen LogP contribution >= 0.6 is 15.9 Å². The van der Waals surface area contributed by atoms with E-state index in [0.29, 0.717) is 4.48 Å². The van der Waals surface area contributed by atoms with Gasteiger partial charge in [0.05, 0.1) is 11.6 Å². The van der Waals surface area contributed by atoms with Gasteiger partial charge < -0.3 is 14.2 Å². The predicted octanol–water partition coefficient (Wildman–Crippen LogP) is 2.33. The van der Waals surface area contributed by atoms with Crippen LogP contribution < -0.4 is 4.74 Å². The highest BCUT2D eigenvalue weighted by molar-refractivity contribution is 9.11. The Morgan fingerprint density at radius 1 is 1.24 bits per heavy atom. The lowest BCUT2D eigenvalue weighted by atomic mass is 10.1. The Bertz CT molecular complexity index is 466. The summed E-state index contributed by atoms with van der Waals surface area (Å²) in [6.45, 7) is 0. The molecule has 5 heteroatoms. The fourth-order valence-electron chi connectivity index (χ4n) is 1.68. The summed E-state index contributed by atoms with van der Waals surface area (Å²) < 4.78 is 16.2. The molecule has 1 aliphatic rings. The number of carbonyl (C=O) groups excluding carboxylic acids is 1. The summed E-state index contributed by atoms with van der Waals surface area (Å²) >= 11 is 3.29. The second kappa shape index (κ2) is 4.50. The topological polar surface area (TPSA) is 44.8 Å². The first-order valence-corrected chi connectivity index (χ1v) is 5.72. The average Bonchev–Trinajstić information content (AvgIpc) is 2.65. The van der Waals surface area contributed by atoms with E-state index in [-0.39, 0.29) is 0 Å². The van der Waals surface area contributed by atoms with Gasteiger partial charge in [0, 0.05) is 18.7 Å². The van der Waals surface area contributed by atoms with Crippen molar-refractivity contribution < 1.29 is 19.0 Å². The standard InChI is InChI=1S/C12H11BrO4/c1-15-9-5-3-8(4-6-9)12(16-2)10(13)7-11(14)17-12/h3-7H,1-2H3/t12-/m1/s1. The van der Waals surface area contributed by atoms with Crippen molar-refractivity contribution in [3.05, 3.63) is 40.4 Å². The van der Waals surface area contributed by atoms with E-state index in [1.54, 1.807) is 31.4 Å². The number of methoxy groups -OCH3 is 2. The molecule has 1 heterocycles. The number of ether oxygens (including phenoxy) is 3. The molecule has 1 atom stereocenters. The molecule has 90 valence electrons. The first-order chi connectivity index (χ1) is 8.12. The van der Waals surface area contributed by atoms with Gasteiger partial charge in [-0.15, -0.1) is 0 Å². The van der Waals surface area contributed by atoms with Crippen molar-refractivity contribution in [2.75, 3.05) is 14.2 Å². The lowest BCUT2D eigenvalue weighted by molar-refractivity contribution is -0.194. The SMILES string of the molecule is COc1ccc([C@@]2(OC)OC(=O)C=C2Br)cc1. The monoisotopic (exact) mass is 298 g/mol. The third-order valence-corrected chi connectivity index (χ3v) is 3.31. The first kappa shape index (κ1) is 12.1. The fraction of sp³-hybridized carbons (Fsp3) is 0.250. The molecule has 0 spiro atoms. The molecule has 17 heavy (non-hydrogen) atoms. The molecule has 4 nitrogen and oxygen atoms in total. The van der Waals surface area contributed by atoms with Crippen molar-refractivity contribution in [3.8, 4) is 5.75 Å². The molecular formula is C12H11BrO4. The molecule has 0 saturated heterocycles. The van der Waals surface area contributed by atoms with Crippen molar-refractivity contribution in [1.82, 2.24) is 0 Å². The highest BCUT2D eigenvalue weighted by Gasteiger charge is 2.44. The van der Waals surface area contributed by atoms with Crippen molar-refractivity contribution in [3.63, 3.8) is 0 Å². The van der Waals surface area contributed by atoms with Gasteiger partial charge in [0.25, 0.3) is 5.79 Å². The largest absolute Gasteiger partial charge is 0.497 e. The van der Waals surface area contributed by atoms with E-state index in [2.05, 4.69) is 15.9 Å². The molecule has 0 bridgehead atoms. The number of benzene rings is 1. The maximum atomic E-state index is 11.3. The molecule has 0 unspecified atom stereocenters. The van der Waals surface area contributed by atoms with E-state index in [1.165, 1.54) is 13.2 Å². The molecule has 2 rings (SSSR count). The van der Waals surface area contributed by atoms with Crippen LogP contribution in [-0.4, -0.2) is 20.2 Å². The molecule has 1 aromatic carbocycles. The third kappa shape index (κ3) is 1.96. The van der Waals surface area contributed by atoms with Gasteiger partial charge in [0.2, 0.25) is 0 Å². The molecule has 0 aliphatic carbocycles. The molecule has 0 saturated carbocycles. The number of esters is 1. The third-order valence-electron chi connectivity index (χ3n) is 2.56. The highest BCUT2D eigenvalue weighted by atomic mass is 79.9. The van der Waals surface area contributed by atoms with Crippen molar-refractivity contribution >= 4 is 21.9 Å². The Balaban J connectivity index is 2.42. The molecule has 0 N–H and O–H groups in total. The summed E-state index contributed by atoms with van der Waals surface area (Å²) in [6.07, 6.45) is 1.35. The van der Waals surface area contributed by atoms with Gasteiger partial charge in [-0.1, -0.05) is 0 Å². The van der Waals surface area contributed by atoms with Crippen LogP contribution in [0, 0.1) is 0 Å². The summed E-state index contributed by atoms with van der Waals surface area (Å²) in [6, 6.07) is 7.14. The lowest BCUT2D eigenvalue weighted by Crippen LogP contribution is -2.29. The molecule has 0 amide bonds. The summed E-state index contributed by atoms with van der Waals surface area (Å²) in [5.41, 5.74) is 0.717. The van der Waals surface area contributed by atoms with E-state index in [9.17, 15) is 4.79 Å². The highest BCUT2D eigenvalue weighted by Crippen LogP contribution is 2.42. The number of rotatable bonds is 3. The van der Waals surface area contributed by atoms with Gasteiger partial charge in [-0.05, 0) is 40.2 Å². The molecule has 0 fully saturated rings. The Morgan fingerprint density at radius 3 is 2.29 bits per heavy atom. The van der Waals surface area contributed by atoms with E-state index in [0.717, 1.165) is 11.3 Å². The molecule has 0 aromatic heterocycles. The van der Waals surface area contributed by atoms with Crippen LogP contribution in [0.15, 0.2) is 34.8 Å². The lowest BCUT2D eigenvalue weighted by Gasteiger charge is -2.27. The fourth-order valence-corrected chi connectivity index (χ4v) is 2.34. The average molecular weight is 299 g/mol.